The van der Waals surface area contributed by atoms with Crippen LogP contribution in [0.4, 0.5) is 0 Å². The summed E-state index contributed by atoms with van der Waals surface area (Å²) in [4.78, 5) is 4.74. The minimum absolute atomic E-state index is 0.241. The smallest absolute Gasteiger partial charge is 0.200 e. The average Bonchev–Trinajstić information content (AvgIpc) is 3.42. The Morgan fingerprint density at radius 1 is 0.750 bits per heavy atom. The van der Waals surface area contributed by atoms with E-state index in [0.29, 0.717) is 16.6 Å². The second-order valence-corrected chi connectivity index (χ2v) is 10.3. The van der Waals surface area contributed by atoms with Crippen LogP contribution >= 0.6 is 36.6 Å². The van der Waals surface area contributed by atoms with E-state index < -0.39 is 0 Å². The van der Waals surface area contributed by atoms with E-state index in [0.717, 1.165) is 32.8 Å². The number of thiazole rings is 1. The van der Waals surface area contributed by atoms with Crippen LogP contribution in [0, 0.1) is 0 Å². The summed E-state index contributed by atoms with van der Waals surface area (Å²) in [5.74, 6) is 0. The molecule has 3 aromatic carbocycles. The molecule has 202 valence electrons. The Labute approximate surface area is 248 Å². The Hall–Kier alpha value is -4.06. The van der Waals surface area contributed by atoms with Crippen LogP contribution in [0.3, 0.4) is 0 Å². The summed E-state index contributed by atoms with van der Waals surface area (Å²) in [6.07, 6.45) is 5.86. The van der Waals surface area contributed by atoms with Crippen LogP contribution in [0.15, 0.2) is 98.3 Å². The van der Waals surface area contributed by atoms with Gasteiger partial charge in [-0.05, 0) is 42.7 Å². The zero-order chi connectivity index (χ0) is 28.3. The minimum atomic E-state index is 0.241. The van der Waals surface area contributed by atoms with Gasteiger partial charge in [0.1, 0.15) is 5.01 Å². The number of hydrogen-bond acceptors (Lipinski definition) is 7. The molecule has 1 heterocycles. The molecular weight excluding hydrogens is 557 g/mol. The van der Waals surface area contributed by atoms with E-state index >= 15 is 0 Å². The third-order valence-corrected chi connectivity index (χ3v) is 7.16. The predicted octanol–water partition coefficient (Wildman–Crippen LogP) is 6.60. The molecule has 0 aliphatic carbocycles. The summed E-state index contributed by atoms with van der Waals surface area (Å²) in [6, 6.07) is 24.7. The molecule has 40 heavy (non-hydrogen) atoms. The number of nitrogens with zero attached hydrogens (tertiary/aromatic N) is 6. The molecule has 2 N–H and O–H groups in total. The SMILES string of the molecule is CNC(S)=NN=C(C)C(C)=NN=C(S)N/N=C/c1ccc(/C=C/c2ccc(-c3nc4ccccc4s3)cc2)cc1. The maximum Gasteiger partial charge on any atom is 0.200 e. The normalized spacial score (nSPS) is 13.5. The van der Waals surface area contributed by atoms with Gasteiger partial charge in [0.15, 0.2) is 10.3 Å². The monoisotopic (exact) mass is 584 g/mol. The third kappa shape index (κ3) is 8.47. The van der Waals surface area contributed by atoms with E-state index in [-0.39, 0.29) is 5.17 Å². The standard InChI is InChI=1S/C29H28N8S3/c1-19(33-36-28(38)30-3)20(2)34-37-29(39)35-31-18-23-12-10-21(11-13-23)8-9-22-14-16-24(17-15-22)27-32-25-6-4-5-7-26(25)40-27/h4-18H,1-3H3,(H2,30,36,38)(H2,35,37,39)/b9-8+,31-18+,33-19?,34-20?. The highest BCUT2D eigenvalue weighted by atomic mass is 32.1. The lowest BCUT2D eigenvalue weighted by molar-refractivity contribution is 1.03. The van der Waals surface area contributed by atoms with Crippen molar-refractivity contribution < 1.29 is 0 Å². The molecule has 0 saturated heterocycles. The number of hydrogen-bond donors (Lipinski definition) is 4. The summed E-state index contributed by atoms with van der Waals surface area (Å²) >= 11 is 10.1. The molecule has 4 aromatic rings. The lowest BCUT2D eigenvalue weighted by Crippen LogP contribution is -2.12. The van der Waals surface area contributed by atoms with Crippen molar-refractivity contribution in [3.8, 4) is 10.6 Å². The Kier molecular flexibility index (Phi) is 10.4. The van der Waals surface area contributed by atoms with Crippen molar-refractivity contribution in [2.45, 2.75) is 13.8 Å². The van der Waals surface area contributed by atoms with Crippen molar-refractivity contribution in [3.05, 3.63) is 89.5 Å². The molecule has 0 fully saturated rings. The van der Waals surface area contributed by atoms with Gasteiger partial charge in [-0.15, -0.1) is 46.8 Å². The van der Waals surface area contributed by atoms with Crippen LogP contribution < -0.4 is 10.7 Å². The number of fused-ring (bicyclic) bond motifs is 1. The van der Waals surface area contributed by atoms with Crippen LogP contribution in [0.25, 0.3) is 32.9 Å². The fourth-order valence-electron chi connectivity index (χ4n) is 3.24. The lowest BCUT2D eigenvalue weighted by Gasteiger charge is -1.99. The third-order valence-electron chi connectivity index (χ3n) is 5.57. The summed E-state index contributed by atoms with van der Waals surface area (Å²) < 4.78 is 1.20. The van der Waals surface area contributed by atoms with Crippen molar-refractivity contribution in [2.24, 2.45) is 25.5 Å². The average molecular weight is 585 g/mol. The van der Waals surface area contributed by atoms with Gasteiger partial charge in [-0.2, -0.15) is 15.3 Å². The van der Waals surface area contributed by atoms with Crippen molar-refractivity contribution in [3.63, 3.8) is 0 Å². The Balaban J connectivity index is 1.30. The summed E-state index contributed by atoms with van der Waals surface area (Å²) in [7, 11) is 1.71. The number of thiol groups is 2. The molecule has 0 aliphatic heterocycles. The largest absolute Gasteiger partial charge is 0.366 e. The zero-order valence-corrected chi connectivity index (χ0v) is 24.8. The van der Waals surface area contributed by atoms with E-state index in [4.69, 9.17) is 4.98 Å². The van der Waals surface area contributed by atoms with E-state index in [1.165, 1.54) is 4.70 Å². The number of rotatable bonds is 8. The highest BCUT2D eigenvalue weighted by Crippen LogP contribution is 2.30. The number of amidine groups is 2. The molecule has 0 aliphatic rings. The number of hydrazone groups is 1. The first-order valence-corrected chi connectivity index (χ1v) is 14.0. The van der Waals surface area contributed by atoms with Gasteiger partial charge in [-0.3, -0.25) is 5.43 Å². The van der Waals surface area contributed by atoms with E-state index in [1.807, 2.05) is 42.5 Å². The van der Waals surface area contributed by atoms with Gasteiger partial charge in [-0.1, -0.05) is 72.8 Å². The highest BCUT2D eigenvalue weighted by molar-refractivity contribution is 7.97. The quantitative estimate of drug-likeness (QED) is 0.0617. The molecule has 0 spiro atoms. The van der Waals surface area contributed by atoms with Crippen molar-refractivity contribution in [2.75, 3.05) is 7.05 Å². The Bertz CT molecular complexity index is 1600. The first-order chi connectivity index (χ1) is 19.4. The van der Waals surface area contributed by atoms with Gasteiger partial charge < -0.3 is 5.32 Å². The summed E-state index contributed by atoms with van der Waals surface area (Å²) in [5, 5.41) is 24.6. The van der Waals surface area contributed by atoms with Crippen molar-refractivity contribution >= 4 is 86.9 Å². The number of benzene rings is 3. The molecule has 0 radical (unpaired) electrons. The zero-order valence-electron chi connectivity index (χ0n) is 22.1. The van der Waals surface area contributed by atoms with Gasteiger partial charge >= 0.3 is 0 Å². The molecule has 0 amide bonds. The molecule has 8 nitrogen and oxygen atoms in total. The Morgan fingerprint density at radius 2 is 1.32 bits per heavy atom. The molecular formula is C29H28N8S3. The van der Waals surface area contributed by atoms with Crippen LogP contribution in [0.2, 0.25) is 0 Å². The molecule has 0 saturated carbocycles. The van der Waals surface area contributed by atoms with Crippen LogP contribution in [-0.4, -0.2) is 40.0 Å². The maximum atomic E-state index is 4.74. The summed E-state index contributed by atoms with van der Waals surface area (Å²) in [6.45, 7) is 3.55. The van der Waals surface area contributed by atoms with Crippen molar-refractivity contribution in [1.29, 1.82) is 0 Å². The van der Waals surface area contributed by atoms with Gasteiger partial charge in [-0.25, -0.2) is 4.98 Å². The molecule has 11 heteroatoms. The van der Waals surface area contributed by atoms with Gasteiger partial charge in [0, 0.05) is 12.6 Å². The fourth-order valence-corrected chi connectivity index (χ4v) is 4.36. The minimum Gasteiger partial charge on any atom is -0.366 e. The predicted molar refractivity (Wildman–Crippen MR) is 179 cm³/mol. The second kappa shape index (κ2) is 14.4. The van der Waals surface area contributed by atoms with E-state index in [9.17, 15) is 0 Å². The first kappa shape index (κ1) is 28.9. The number of para-hydroxylation sites is 1. The first-order valence-electron chi connectivity index (χ1n) is 12.2. The van der Waals surface area contributed by atoms with Crippen LogP contribution in [0.5, 0.6) is 0 Å². The highest BCUT2D eigenvalue weighted by Gasteiger charge is 2.05. The van der Waals surface area contributed by atoms with Gasteiger partial charge in [0.25, 0.3) is 0 Å². The van der Waals surface area contributed by atoms with Crippen LogP contribution in [0.1, 0.15) is 30.5 Å². The van der Waals surface area contributed by atoms with Gasteiger partial charge in [0.2, 0.25) is 0 Å². The fraction of sp³-hybridized carbons (Fsp3) is 0.103. The van der Waals surface area contributed by atoms with Gasteiger partial charge in [0.05, 0.1) is 27.9 Å². The van der Waals surface area contributed by atoms with E-state index in [1.54, 1.807) is 38.4 Å². The Morgan fingerprint density at radius 3 is 1.95 bits per heavy atom. The second-order valence-electron chi connectivity index (χ2n) is 8.45. The molecule has 0 bridgehead atoms. The molecule has 4 rings (SSSR count). The topological polar surface area (TPSA) is 98.8 Å². The lowest BCUT2D eigenvalue weighted by atomic mass is 10.1. The van der Waals surface area contributed by atoms with E-state index in [2.05, 4.69) is 104 Å². The number of aromatic nitrogens is 1. The van der Waals surface area contributed by atoms with Crippen molar-refractivity contribution in [1.82, 2.24) is 15.7 Å². The molecule has 0 atom stereocenters. The summed E-state index contributed by atoms with van der Waals surface area (Å²) in [5.41, 5.74) is 9.23. The maximum absolute atomic E-state index is 4.74. The number of nitrogens with one attached hydrogen (secondary N) is 2. The molecule has 1 aromatic heterocycles. The van der Waals surface area contributed by atoms with Crippen LogP contribution in [-0.2, 0) is 0 Å². The molecule has 0 unspecified atom stereocenters.